The molecule has 106 valence electrons. The maximum Gasteiger partial charge on any atom is 0.260 e. The quantitative estimate of drug-likeness (QED) is 0.922. The molecule has 0 amide bonds. The molecule has 6 heteroatoms. The van der Waals surface area contributed by atoms with Gasteiger partial charge in [-0.15, -0.1) is 0 Å². The molecule has 0 atom stereocenters. The van der Waals surface area contributed by atoms with E-state index in [0.717, 1.165) is 17.3 Å². The number of anilines is 1. The van der Waals surface area contributed by atoms with Crippen LogP contribution in [0.1, 0.15) is 18.1 Å². The van der Waals surface area contributed by atoms with E-state index in [0.29, 0.717) is 23.3 Å². The second-order valence-electron chi connectivity index (χ2n) is 4.35. The molecule has 1 aromatic carbocycles. The molecule has 2 rings (SSSR count). The smallest absolute Gasteiger partial charge is 0.260 e. The van der Waals surface area contributed by atoms with Crippen molar-refractivity contribution in [3.8, 4) is 11.6 Å². The molecule has 20 heavy (non-hydrogen) atoms. The van der Waals surface area contributed by atoms with Gasteiger partial charge in [0.2, 0.25) is 11.8 Å². The third-order valence-electron chi connectivity index (χ3n) is 2.67. The molecular formula is C14H15ClFN3O. The van der Waals surface area contributed by atoms with Gasteiger partial charge in [0, 0.05) is 11.6 Å². The number of hydrogen-bond donors (Lipinski definition) is 1. The van der Waals surface area contributed by atoms with E-state index >= 15 is 0 Å². The second-order valence-corrected chi connectivity index (χ2v) is 4.73. The summed E-state index contributed by atoms with van der Waals surface area (Å²) >= 11 is 6.09. The average molecular weight is 296 g/mol. The van der Waals surface area contributed by atoms with Crippen LogP contribution in [-0.2, 0) is 0 Å². The van der Waals surface area contributed by atoms with Crippen molar-refractivity contribution in [3.63, 3.8) is 0 Å². The summed E-state index contributed by atoms with van der Waals surface area (Å²) in [7, 11) is 0. The lowest BCUT2D eigenvalue weighted by molar-refractivity contribution is 0.420. The minimum atomic E-state index is -0.614. The molecule has 0 saturated heterocycles. The van der Waals surface area contributed by atoms with E-state index in [4.69, 9.17) is 16.3 Å². The molecule has 4 nitrogen and oxygen atoms in total. The predicted molar refractivity (Wildman–Crippen MR) is 77.2 cm³/mol. The number of aromatic nitrogens is 2. The highest BCUT2D eigenvalue weighted by molar-refractivity contribution is 6.32. The van der Waals surface area contributed by atoms with Gasteiger partial charge < -0.3 is 10.1 Å². The fourth-order valence-electron chi connectivity index (χ4n) is 1.74. The Labute approximate surface area is 122 Å². The van der Waals surface area contributed by atoms with Crippen LogP contribution in [-0.4, -0.2) is 16.5 Å². The van der Waals surface area contributed by atoms with Crippen molar-refractivity contribution in [1.82, 2.24) is 9.97 Å². The van der Waals surface area contributed by atoms with Gasteiger partial charge in [0.15, 0.2) is 0 Å². The van der Waals surface area contributed by atoms with Crippen LogP contribution < -0.4 is 10.1 Å². The number of nitrogens with one attached hydrogen (secondary N) is 1. The highest BCUT2D eigenvalue weighted by Gasteiger charge is 2.11. The van der Waals surface area contributed by atoms with Crippen LogP contribution in [0.2, 0.25) is 5.02 Å². The highest BCUT2D eigenvalue weighted by atomic mass is 35.5. The van der Waals surface area contributed by atoms with Gasteiger partial charge >= 0.3 is 0 Å². The van der Waals surface area contributed by atoms with Crippen LogP contribution in [0, 0.1) is 19.7 Å². The number of benzene rings is 1. The summed E-state index contributed by atoms with van der Waals surface area (Å²) in [6.07, 6.45) is 1.08. The average Bonchev–Trinajstić information content (AvgIpc) is 2.40. The van der Waals surface area contributed by atoms with Gasteiger partial charge in [0.25, 0.3) is 5.88 Å². The first kappa shape index (κ1) is 14.5. The van der Waals surface area contributed by atoms with E-state index in [1.165, 1.54) is 0 Å². The number of hydrogen-bond acceptors (Lipinski definition) is 4. The van der Waals surface area contributed by atoms with E-state index in [-0.39, 0.29) is 5.88 Å². The summed E-state index contributed by atoms with van der Waals surface area (Å²) in [5.41, 5.74) is 1.73. The van der Waals surface area contributed by atoms with Gasteiger partial charge in [0.1, 0.15) is 5.75 Å². The lowest BCUT2D eigenvalue weighted by Gasteiger charge is -2.10. The largest absolute Gasteiger partial charge is 0.436 e. The van der Waals surface area contributed by atoms with Gasteiger partial charge in [-0.2, -0.15) is 9.37 Å². The van der Waals surface area contributed by atoms with Crippen molar-refractivity contribution in [2.45, 2.75) is 20.8 Å². The monoisotopic (exact) mass is 295 g/mol. The fraction of sp³-hybridized carbons (Fsp3) is 0.286. The summed E-state index contributed by atoms with van der Waals surface area (Å²) in [6.45, 7) is 6.27. The zero-order valence-corrected chi connectivity index (χ0v) is 12.3. The minimum absolute atomic E-state index is 0.114. The lowest BCUT2D eigenvalue weighted by atomic mass is 10.1. The maximum atomic E-state index is 13.7. The second kappa shape index (κ2) is 6.05. The summed E-state index contributed by atoms with van der Waals surface area (Å²) in [5.74, 6) is 0.0877. The van der Waals surface area contributed by atoms with Crippen LogP contribution in [0.4, 0.5) is 10.3 Å². The van der Waals surface area contributed by atoms with Crippen molar-refractivity contribution in [3.05, 3.63) is 40.3 Å². The van der Waals surface area contributed by atoms with Crippen molar-refractivity contribution < 1.29 is 9.13 Å². The SMILES string of the molecule is CCNc1ncc(F)c(Oc2cc(C)c(Cl)c(C)c2)n1. The van der Waals surface area contributed by atoms with Gasteiger partial charge in [-0.05, 0) is 44.0 Å². The molecule has 0 unspecified atom stereocenters. The Hall–Kier alpha value is -1.88. The molecule has 0 radical (unpaired) electrons. The van der Waals surface area contributed by atoms with Crippen molar-refractivity contribution >= 4 is 17.5 Å². The van der Waals surface area contributed by atoms with E-state index in [2.05, 4.69) is 15.3 Å². The highest BCUT2D eigenvalue weighted by Crippen LogP contribution is 2.29. The van der Waals surface area contributed by atoms with Crippen molar-refractivity contribution in [2.75, 3.05) is 11.9 Å². The molecule has 0 bridgehead atoms. The zero-order chi connectivity index (χ0) is 14.7. The van der Waals surface area contributed by atoms with Gasteiger partial charge in [-0.25, -0.2) is 4.98 Å². The van der Waals surface area contributed by atoms with Gasteiger partial charge in [-0.1, -0.05) is 11.6 Å². The molecular weight excluding hydrogens is 281 g/mol. The maximum absolute atomic E-state index is 13.7. The van der Waals surface area contributed by atoms with Crippen molar-refractivity contribution in [1.29, 1.82) is 0 Å². The Balaban J connectivity index is 2.32. The molecule has 0 fully saturated rings. The first-order valence-electron chi connectivity index (χ1n) is 6.22. The number of aryl methyl sites for hydroxylation is 2. The van der Waals surface area contributed by atoms with Gasteiger partial charge in [0.05, 0.1) is 6.20 Å². The molecule has 0 saturated carbocycles. The summed E-state index contributed by atoms with van der Waals surface area (Å²) in [6, 6.07) is 3.48. The Morgan fingerprint density at radius 1 is 1.30 bits per heavy atom. The number of halogens is 2. The Kier molecular flexibility index (Phi) is 4.39. The van der Waals surface area contributed by atoms with Gasteiger partial charge in [-0.3, -0.25) is 0 Å². The predicted octanol–water partition coefficient (Wildman–Crippen LogP) is 4.11. The van der Waals surface area contributed by atoms with E-state index in [9.17, 15) is 4.39 Å². The topological polar surface area (TPSA) is 47.0 Å². The van der Waals surface area contributed by atoms with Crippen molar-refractivity contribution in [2.24, 2.45) is 0 Å². The number of nitrogens with zero attached hydrogens (tertiary/aromatic N) is 2. The summed E-state index contributed by atoms with van der Waals surface area (Å²) in [4.78, 5) is 7.81. The van der Waals surface area contributed by atoms with Crippen LogP contribution >= 0.6 is 11.6 Å². The fourth-order valence-corrected chi connectivity index (χ4v) is 1.85. The zero-order valence-electron chi connectivity index (χ0n) is 11.5. The first-order valence-corrected chi connectivity index (χ1v) is 6.60. The standard InChI is InChI=1S/C14H15ClFN3O/c1-4-17-14-18-7-11(16)13(19-14)20-10-5-8(2)12(15)9(3)6-10/h5-7H,4H2,1-3H3,(H,17,18,19). The third kappa shape index (κ3) is 3.17. The number of rotatable bonds is 4. The van der Waals surface area contributed by atoms with Crippen LogP contribution in [0.5, 0.6) is 11.6 Å². The minimum Gasteiger partial charge on any atom is -0.436 e. The summed E-state index contributed by atoms with van der Waals surface area (Å²) < 4.78 is 19.2. The molecule has 2 aromatic rings. The summed E-state index contributed by atoms with van der Waals surface area (Å²) in [5, 5.41) is 3.58. The Bertz CT molecular complexity index is 611. The molecule has 0 aliphatic carbocycles. The van der Waals surface area contributed by atoms with E-state index in [1.54, 1.807) is 12.1 Å². The molecule has 0 aliphatic rings. The molecule has 0 aliphatic heterocycles. The Morgan fingerprint density at radius 3 is 2.55 bits per heavy atom. The first-order chi connectivity index (χ1) is 9.51. The molecule has 1 N–H and O–H groups in total. The van der Waals surface area contributed by atoms with Crippen LogP contribution in [0.3, 0.4) is 0 Å². The molecule has 0 spiro atoms. The van der Waals surface area contributed by atoms with Crippen LogP contribution in [0.25, 0.3) is 0 Å². The van der Waals surface area contributed by atoms with E-state index in [1.807, 2.05) is 20.8 Å². The Morgan fingerprint density at radius 2 is 1.95 bits per heavy atom. The van der Waals surface area contributed by atoms with E-state index < -0.39 is 5.82 Å². The molecule has 1 heterocycles. The number of ether oxygens (including phenoxy) is 1. The molecule has 1 aromatic heterocycles. The lowest BCUT2D eigenvalue weighted by Crippen LogP contribution is -2.04. The van der Waals surface area contributed by atoms with Crippen LogP contribution in [0.15, 0.2) is 18.3 Å². The third-order valence-corrected chi connectivity index (χ3v) is 3.27. The normalized spacial score (nSPS) is 10.4.